The highest BCUT2D eigenvalue weighted by molar-refractivity contribution is 5.91. The third-order valence-electron chi connectivity index (χ3n) is 15.4. The quantitative estimate of drug-likeness (QED) is 0.106. The van der Waals surface area contributed by atoms with Gasteiger partial charge in [0.25, 0.3) is 0 Å². The van der Waals surface area contributed by atoms with Crippen molar-refractivity contribution in [3.8, 4) is 33.6 Å². The van der Waals surface area contributed by atoms with Gasteiger partial charge in [-0.3, -0.25) is 14.5 Å². The number of nitrogens with zero attached hydrogens (tertiary/aromatic N) is 5. The Bertz CT molecular complexity index is 2650. The first-order valence-corrected chi connectivity index (χ1v) is 23.5. The van der Waals surface area contributed by atoms with Crippen LogP contribution in [0.4, 0.5) is 9.59 Å². The summed E-state index contributed by atoms with van der Waals surface area (Å²) in [5, 5.41) is 15.0. The molecular formula is C50H56N8O8. The number of piperidine rings is 2. The molecule has 0 spiro atoms. The van der Waals surface area contributed by atoms with E-state index in [1.165, 1.54) is 19.1 Å². The van der Waals surface area contributed by atoms with Crippen molar-refractivity contribution < 1.29 is 38.5 Å². The molecule has 0 bridgehead atoms. The summed E-state index contributed by atoms with van der Waals surface area (Å²) in [7, 11) is 2.83. The van der Waals surface area contributed by atoms with Crippen LogP contribution in [-0.4, -0.2) is 128 Å². The number of methoxy groups -OCH3 is 1. The molecule has 4 amide bonds. The van der Waals surface area contributed by atoms with Crippen molar-refractivity contribution in [3.05, 3.63) is 84.7 Å². The summed E-state index contributed by atoms with van der Waals surface area (Å²) in [6.45, 7) is 2.18. The molecule has 4 N–H and O–H groups in total. The van der Waals surface area contributed by atoms with Crippen LogP contribution in [0.5, 0.6) is 0 Å². The Hall–Kier alpha value is -6.26. The Kier molecular flexibility index (Phi) is 11.0. The van der Waals surface area contributed by atoms with Gasteiger partial charge >= 0.3 is 12.2 Å². The lowest BCUT2D eigenvalue weighted by Crippen LogP contribution is -2.54. The van der Waals surface area contributed by atoms with Gasteiger partial charge in [0.2, 0.25) is 11.8 Å². The van der Waals surface area contributed by atoms with Crippen LogP contribution in [0.25, 0.3) is 44.4 Å². The van der Waals surface area contributed by atoms with Gasteiger partial charge in [-0.2, -0.15) is 0 Å². The molecule has 0 radical (unpaired) electrons. The number of aromatic amines is 2. The molecule has 16 heteroatoms. The number of H-pyrrole nitrogens is 2. The SMILES string of the molecule is COC(=O)N[C@H](C(=O)N1[C@@H]2C[C@@H]2C[C@H]1c1ncc(-c2ccc3cc(-c4ccc(-c5cnc([C@@H]6C[C@H]7C[C@H]7N6C(=O)[C@H](C6CCOCC6)N(C)C(=O)O)[nH]5)cc4)ccc3c2)[nH]1)C1CCOCC1. The minimum atomic E-state index is -1.10. The lowest BCUT2D eigenvalue weighted by molar-refractivity contribution is -0.141. The van der Waals surface area contributed by atoms with Gasteiger partial charge in [-0.15, -0.1) is 0 Å². The van der Waals surface area contributed by atoms with Crippen LogP contribution < -0.4 is 5.32 Å². The molecule has 344 valence electrons. The number of aromatic nitrogens is 4. The molecule has 2 aliphatic carbocycles. The number of hydrogen-bond acceptors (Lipinski definition) is 9. The molecule has 0 unspecified atom stereocenters. The summed E-state index contributed by atoms with van der Waals surface area (Å²) in [5.74, 6) is 2.00. The molecule has 2 aromatic heterocycles. The second-order valence-electron chi connectivity index (χ2n) is 19.2. The molecule has 66 heavy (non-hydrogen) atoms. The monoisotopic (exact) mass is 896 g/mol. The number of carboxylic acid groups (broad SMARTS) is 1. The molecule has 3 aromatic carbocycles. The van der Waals surface area contributed by atoms with Crippen molar-refractivity contribution in [2.24, 2.45) is 23.7 Å². The van der Waals surface area contributed by atoms with Gasteiger partial charge in [0, 0.05) is 51.1 Å². The van der Waals surface area contributed by atoms with Gasteiger partial charge in [0.15, 0.2) is 0 Å². The first-order valence-electron chi connectivity index (χ1n) is 23.5. The third kappa shape index (κ3) is 7.86. The highest BCUT2D eigenvalue weighted by Gasteiger charge is 2.58. The maximum atomic E-state index is 14.3. The van der Waals surface area contributed by atoms with E-state index in [4.69, 9.17) is 24.2 Å². The first kappa shape index (κ1) is 42.4. The Morgan fingerprint density at radius 2 is 1.20 bits per heavy atom. The highest BCUT2D eigenvalue weighted by atomic mass is 16.5. The molecule has 6 heterocycles. The third-order valence-corrected chi connectivity index (χ3v) is 15.4. The van der Waals surface area contributed by atoms with Gasteiger partial charge in [0.1, 0.15) is 23.7 Å². The van der Waals surface area contributed by atoms with E-state index in [-0.39, 0.29) is 47.8 Å². The number of carbonyl (C=O) groups excluding carboxylic acids is 3. The van der Waals surface area contributed by atoms with Gasteiger partial charge < -0.3 is 44.4 Å². The fourth-order valence-corrected chi connectivity index (χ4v) is 11.5. The highest BCUT2D eigenvalue weighted by Crippen LogP contribution is 2.55. The van der Waals surface area contributed by atoms with Crippen LogP contribution in [0.1, 0.15) is 75.1 Å². The van der Waals surface area contributed by atoms with Gasteiger partial charge in [-0.05, 0) is 115 Å². The lowest BCUT2D eigenvalue weighted by atomic mass is 9.89. The number of likely N-dealkylation sites (tertiary alicyclic amines) is 2. The number of alkyl carbamates (subject to hydrolysis) is 1. The van der Waals surface area contributed by atoms with E-state index in [1.54, 1.807) is 0 Å². The van der Waals surface area contributed by atoms with Crippen molar-refractivity contribution >= 4 is 34.8 Å². The van der Waals surface area contributed by atoms with Crippen LogP contribution in [0.15, 0.2) is 73.1 Å². The molecule has 16 nitrogen and oxygen atoms in total. The number of fused-ring (bicyclic) bond motifs is 3. The van der Waals surface area contributed by atoms with Crippen molar-refractivity contribution in [2.75, 3.05) is 40.6 Å². The van der Waals surface area contributed by atoms with Crippen LogP contribution >= 0.6 is 0 Å². The summed E-state index contributed by atoms with van der Waals surface area (Å²) in [5.41, 5.74) is 5.88. The average Bonchev–Trinajstić information content (AvgIpc) is 3.93. The summed E-state index contributed by atoms with van der Waals surface area (Å²) in [6, 6.07) is 19.6. The molecule has 6 fully saturated rings. The number of likely N-dealkylation sites (N-methyl/N-ethyl adjacent to an activating group) is 1. The predicted molar refractivity (Wildman–Crippen MR) is 243 cm³/mol. The Morgan fingerprint density at radius 1 is 0.697 bits per heavy atom. The second kappa shape index (κ2) is 17.2. The molecular weight excluding hydrogens is 841 g/mol. The summed E-state index contributed by atoms with van der Waals surface area (Å²) >= 11 is 0. The minimum absolute atomic E-state index is 0.0247. The fraction of sp³-hybridized carbons (Fsp3) is 0.480. The first-order chi connectivity index (χ1) is 32.1. The maximum absolute atomic E-state index is 14.3. The molecule has 8 atom stereocenters. The summed E-state index contributed by atoms with van der Waals surface area (Å²) < 4.78 is 16.0. The number of hydrogen-bond donors (Lipinski definition) is 4. The van der Waals surface area contributed by atoms with Crippen LogP contribution in [0.3, 0.4) is 0 Å². The predicted octanol–water partition coefficient (Wildman–Crippen LogP) is 7.17. The lowest BCUT2D eigenvalue weighted by Gasteiger charge is -2.38. The zero-order valence-electron chi connectivity index (χ0n) is 37.2. The minimum Gasteiger partial charge on any atom is -0.465 e. The standard InChI is InChI=1S/C50H56N8O8/c1-56(50(62)63)44(30-13-17-66-18-14-30)48(60)58-40-22-36(40)24-42(58)46-51-25-37(53-46)28-5-3-27(4-6-28)31-7-8-33-20-34(10-9-32(33)19-31)38-26-52-45(54-38)41-23-35-21-39(35)57(41)47(59)43(55-49(61)64-2)29-11-15-65-16-12-29/h3-10,19-20,25-26,29-30,35-36,39-44H,11-18,21-24H2,1-2H3,(H,51,53)(H,52,54)(H,55,61)(H,62,63)/t35-,36-,39-,40-,41+,42+,43+,44+/m1/s1. The van der Waals surface area contributed by atoms with Gasteiger partial charge in [-0.25, -0.2) is 19.6 Å². The molecule has 11 rings (SSSR count). The zero-order valence-corrected chi connectivity index (χ0v) is 37.2. The number of nitrogens with one attached hydrogen (secondary N) is 3. The van der Waals surface area contributed by atoms with Gasteiger partial charge in [-0.1, -0.05) is 48.5 Å². The van der Waals surface area contributed by atoms with E-state index >= 15 is 0 Å². The van der Waals surface area contributed by atoms with Crippen LogP contribution in [0.2, 0.25) is 0 Å². The topological polar surface area (TPSA) is 195 Å². The molecule has 4 saturated heterocycles. The van der Waals surface area contributed by atoms with E-state index in [9.17, 15) is 24.3 Å². The maximum Gasteiger partial charge on any atom is 0.407 e. The molecule has 5 aromatic rings. The molecule has 6 aliphatic rings. The number of carbonyl (C=O) groups is 4. The van der Waals surface area contributed by atoms with E-state index in [1.807, 2.05) is 22.2 Å². The fourth-order valence-electron chi connectivity index (χ4n) is 11.5. The van der Waals surface area contributed by atoms with E-state index < -0.39 is 24.3 Å². The number of benzene rings is 3. The Balaban J connectivity index is 0.771. The summed E-state index contributed by atoms with van der Waals surface area (Å²) in [4.78, 5) is 74.9. The number of rotatable bonds is 11. The Labute approximate surface area is 382 Å². The molecule has 4 aliphatic heterocycles. The summed E-state index contributed by atoms with van der Waals surface area (Å²) in [6.07, 6.45) is 8.24. The van der Waals surface area contributed by atoms with Gasteiger partial charge in [0.05, 0.1) is 43.0 Å². The number of ether oxygens (including phenoxy) is 3. The zero-order chi connectivity index (χ0) is 45.2. The number of amides is 4. The van der Waals surface area contributed by atoms with Crippen LogP contribution in [-0.2, 0) is 23.8 Å². The van der Waals surface area contributed by atoms with Crippen LogP contribution in [0, 0.1) is 23.7 Å². The van der Waals surface area contributed by atoms with E-state index in [2.05, 4.69) is 75.9 Å². The smallest absolute Gasteiger partial charge is 0.407 e. The van der Waals surface area contributed by atoms with E-state index in [0.29, 0.717) is 63.9 Å². The van der Waals surface area contributed by atoms with Crippen molar-refractivity contribution in [1.82, 2.24) is 40.0 Å². The normalized spacial score (nSPS) is 25.8. The molecule has 2 saturated carbocycles. The largest absolute Gasteiger partial charge is 0.465 e. The van der Waals surface area contributed by atoms with E-state index in [0.717, 1.165) is 81.7 Å². The number of imidazole rings is 2. The second-order valence-corrected chi connectivity index (χ2v) is 19.2. The average molecular weight is 897 g/mol. The van der Waals surface area contributed by atoms with Crippen molar-refractivity contribution in [3.63, 3.8) is 0 Å². The van der Waals surface area contributed by atoms with Crippen molar-refractivity contribution in [1.29, 1.82) is 0 Å². The van der Waals surface area contributed by atoms with Crippen molar-refractivity contribution in [2.45, 2.75) is 87.6 Å². The Morgan fingerprint density at radius 3 is 1.77 bits per heavy atom.